The Morgan fingerprint density at radius 1 is 1.41 bits per heavy atom. The summed E-state index contributed by atoms with van der Waals surface area (Å²) >= 11 is 0. The first-order chi connectivity index (χ1) is 8.16. The van der Waals surface area contributed by atoms with Gasteiger partial charge in [0.15, 0.2) is 5.75 Å². The Morgan fingerprint density at radius 3 is 2.76 bits per heavy atom. The molecule has 1 aliphatic carbocycles. The molecular formula is C13H21N3O. The fourth-order valence-corrected chi connectivity index (χ4v) is 2.44. The maximum absolute atomic E-state index is 9.70. The summed E-state index contributed by atoms with van der Waals surface area (Å²) in [5.74, 6) is 1.52. The summed E-state index contributed by atoms with van der Waals surface area (Å²) in [6.45, 7) is 1.92. The third-order valence-corrected chi connectivity index (χ3v) is 3.35. The maximum atomic E-state index is 9.70. The molecule has 1 fully saturated rings. The monoisotopic (exact) mass is 235 g/mol. The quantitative estimate of drug-likeness (QED) is 0.841. The minimum absolute atomic E-state index is 0.00926. The van der Waals surface area contributed by atoms with Gasteiger partial charge in [0.05, 0.1) is 11.9 Å². The summed E-state index contributed by atoms with van der Waals surface area (Å²) < 4.78 is 0. The Morgan fingerprint density at radius 2 is 2.12 bits per heavy atom. The zero-order valence-corrected chi connectivity index (χ0v) is 10.4. The summed E-state index contributed by atoms with van der Waals surface area (Å²) in [5, 5.41) is 9.70. The number of aromatic nitrogens is 2. The zero-order chi connectivity index (χ0) is 12.3. The molecule has 94 valence electrons. The molecule has 17 heavy (non-hydrogen) atoms. The van der Waals surface area contributed by atoms with Crippen LogP contribution in [-0.2, 0) is 6.42 Å². The van der Waals surface area contributed by atoms with Gasteiger partial charge < -0.3 is 10.8 Å². The van der Waals surface area contributed by atoms with E-state index in [1.54, 1.807) is 0 Å². The fraction of sp³-hybridized carbons (Fsp3) is 0.692. The van der Waals surface area contributed by atoms with Crippen molar-refractivity contribution in [3.63, 3.8) is 0 Å². The predicted molar refractivity (Wildman–Crippen MR) is 66.9 cm³/mol. The molecule has 0 spiro atoms. The highest BCUT2D eigenvalue weighted by Gasteiger charge is 2.19. The molecule has 2 rings (SSSR count). The topological polar surface area (TPSA) is 72.0 Å². The Hall–Kier alpha value is -1.16. The van der Waals surface area contributed by atoms with Gasteiger partial charge in [-0.2, -0.15) is 0 Å². The van der Waals surface area contributed by atoms with E-state index in [4.69, 9.17) is 5.73 Å². The van der Waals surface area contributed by atoms with Gasteiger partial charge in [-0.1, -0.05) is 19.3 Å². The Balaban J connectivity index is 2.17. The van der Waals surface area contributed by atoms with Crippen LogP contribution < -0.4 is 5.73 Å². The molecule has 1 aromatic heterocycles. The van der Waals surface area contributed by atoms with Crippen LogP contribution in [0.3, 0.4) is 0 Å². The molecule has 1 saturated carbocycles. The van der Waals surface area contributed by atoms with Crippen LogP contribution in [-0.4, -0.2) is 21.1 Å². The second kappa shape index (κ2) is 5.45. The zero-order valence-electron chi connectivity index (χ0n) is 10.4. The molecule has 1 aromatic rings. The standard InChI is InChI=1S/C13H21N3O/c1-9(14)7-11-12(17)8-15-13(16-11)10-5-3-2-4-6-10/h8-10,17H,2-7,14H2,1H3. The SMILES string of the molecule is CC(N)Cc1nc(C2CCCCC2)ncc1O. The molecule has 4 heteroatoms. The lowest BCUT2D eigenvalue weighted by Gasteiger charge is -2.20. The van der Waals surface area contributed by atoms with Crippen LogP contribution in [0.1, 0.15) is 56.5 Å². The van der Waals surface area contributed by atoms with Crippen LogP contribution in [0.15, 0.2) is 6.20 Å². The average Bonchev–Trinajstić information content (AvgIpc) is 2.32. The molecule has 0 bridgehead atoms. The van der Waals surface area contributed by atoms with Crippen LogP contribution in [0.5, 0.6) is 5.75 Å². The van der Waals surface area contributed by atoms with Gasteiger partial charge >= 0.3 is 0 Å². The lowest BCUT2D eigenvalue weighted by atomic mass is 9.88. The average molecular weight is 235 g/mol. The molecule has 0 aromatic carbocycles. The first kappa shape index (κ1) is 12.3. The van der Waals surface area contributed by atoms with Gasteiger partial charge in [-0.25, -0.2) is 9.97 Å². The van der Waals surface area contributed by atoms with E-state index in [-0.39, 0.29) is 11.8 Å². The van der Waals surface area contributed by atoms with E-state index in [1.807, 2.05) is 6.92 Å². The highest BCUT2D eigenvalue weighted by Crippen LogP contribution is 2.31. The smallest absolute Gasteiger partial charge is 0.155 e. The van der Waals surface area contributed by atoms with Gasteiger partial charge in [0.1, 0.15) is 5.82 Å². The Bertz CT molecular complexity index is 373. The number of aromatic hydroxyl groups is 1. The summed E-state index contributed by atoms with van der Waals surface area (Å²) in [5.41, 5.74) is 6.44. The lowest BCUT2D eigenvalue weighted by molar-refractivity contribution is 0.418. The second-order valence-electron chi connectivity index (χ2n) is 5.08. The molecule has 1 aliphatic rings. The first-order valence-corrected chi connectivity index (χ1v) is 6.47. The van der Waals surface area contributed by atoms with Crippen molar-refractivity contribution in [1.82, 2.24) is 9.97 Å². The first-order valence-electron chi connectivity index (χ1n) is 6.47. The van der Waals surface area contributed by atoms with Gasteiger partial charge in [0, 0.05) is 18.4 Å². The van der Waals surface area contributed by atoms with Crippen molar-refractivity contribution in [3.8, 4) is 5.75 Å². The highest BCUT2D eigenvalue weighted by molar-refractivity contribution is 5.24. The molecule has 4 nitrogen and oxygen atoms in total. The second-order valence-corrected chi connectivity index (χ2v) is 5.08. The number of nitrogens with two attached hydrogens (primary N) is 1. The number of hydrogen-bond donors (Lipinski definition) is 2. The molecule has 0 saturated heterocycles. The van der Waals surface area contributed by atoms with E-state index in [9.17, 15) is 5.11 Å². The summed E-state index contributed by atoms with van der Waals surface area (Å²) in [4.78, 5) is 8.76. The van der Waals surface area contributed by atoms with Crippen molar-refractivity contribution >= 4 is 0 Å². The molecule has 0 amide bonds. The lowest BCUT2D eigenvalue weighted by Crippen LogP contribution is -2.19. The van der Waals surface area contributed by atoms with Crippen LogP contribution in [0, 0.1) is 0 Å². The van der Waals surface area contributed by atoms with Crippen molar-refractivity contribution in [3.05, 3.63) is 17.7 Å². The van der Waals surface area contributed by atoms with Gasteiger partial charge in [-0.3, -0.25) is 0 Å². The van der Waals surface area contributed by atoms with Crippen molar-refractivity contribution in [2.24, 2.45) is 5.73 Å². The minimum atomic E-state index is 0.00926. The van der Waals surface area contributed by atoms with Crippen molar-refractivity contribution in [1.29, 1.82) is 0 Å². The van der Waals surface area contributed by atoms with Crippen molar-refractivity contribution in [2.75, 3.05) is 0 Å². The third-order valence-electron chi connectivity index (χ3n) is 3.35. The minimum Gasteiger partial charge on any atom is -0.504 e. The summed E-state index contributed by atoms with van der Waals surface area (Å²) in [7, 11) is 0. The number of hydrogen-bond acceptors (Lipinski definition) is 4. The largest absolute Gasteiger partial charge is 0.504 e. The Kier molecular flexibility index (Phi) is 3.94. The summed E-state index contributed by atoms with van der Waals surface area (Å²) in [6.07, 6.45) is 8.31. The van der Waals surface area contributed by atoms with E-state index >= 15 is 0 Å². The maximum Gasteiger partial charge on any atom is 0.155 e. The van der Waals surface area contributed by atoms with E-state index in [1.165, 1.54) is 38.3 Å². The molecule has 0 aliphatic heterocycles. The normalized spacial score (nSPS) is 19.2. The van der Waals surface area contributed by atoms with Gasteiger partial charge in [-0.05, 0) is 19.8 Å². The van der Waals surface area contributed by atoms with Crippen LogP contribution in [0.2, 0.25) is 0 Å². The number of nitrogens with zero attached hydrogens (tertiary/aromatic N) is 2. The van der Waals surface area contributed by atoms with Crippen LogP contribution >= 0.6 is 0 Å². The number of rotatable bonds is 3. The van der Waals surface area contributed by atoms with E-state index in [2.05, 4.69) is 9.97 Å². The third kappa shape index (κ3) is 3.16. The van der Waals surface area contributed by atoms with Crippen molar-refractivity contribution < 1.29 is 5.11 Å². The van der Waals surface area contributed by atoms with Crippen LogP contribution in [0.4, 0.5) is 0 Å². The molecule has 1 atom stereocenters. The molecule has 1 heterocycles. The molecular weight excluding hydrogens is 214 g/mol. The predicted octanol–water partition coefficient (Wildman–Crippen LogP) is 2.12. The Labute approximate surface area is 102 Å². The molecule has 3 N–H and O–H groups in total. The van der Waals surface area contributed by atoms with Gasteiger partial charge in [0.25, 0.3) is 0 Å². The van der Waals surface area contributed by atoms with Gasteiger partial charge in [0.2, 0.25) is 0 Å². The van der Waals surface area contributed by atoms with Gasteiger partial charge in [-0.15, -0.1) is 0 Å². The van der Waals surface area contributed by atoms with Crippen LogP contribution in [0.25, 0.3) is 0 Å². The highest BCUT2D eigenvalue weighted by atomic mass is 16.3. The van der Waals surface area contributed by atoms with Crippen molar-refractivity contribution in [2.45, 2.75) is 57.4 Å². The van der Waals surface area contributed by atoms with E-state index in [0.29, 0.717) is 18.0 Å². The summed E-state index contributed by atoms with van der Waals surface area (Å²) in [6, 6.07) is 0.00926. The van der Waals surface area contributed by atoms with E-state index in [0.717, 1.165) is 5.82 Å². The molecule has 0 radical (unpaired) electrons. The van der Waals surface area contributed by atoms with E-state index < -0.39 is 0 Å². The fourth-order valence-electron chi connectivity index (χ4n) is 2.44. The molecule has 1 unspecified atom stereocenters.